The molecule has 4 rings (SSSR count). The third kappa shape index (κ3) is 4.06. The molecule has 1 saturated heterocycles. The highest BCUT2D eigenvalue weighted by molar-refractivity contribution is 6.05. The lowest BCUT2D eigenvalue weighted by molar-refractivity contribution is -0.123. The second-order valence-electron chi connectivity index (χ2n) is 7.84. The van der Waals surface area contributed by atoms with Gasteiger partial charge in [0.05, 0.1) is 24.7 Å². The molecule has 30 heavy (non-hydrogen) atoms. The van der Waals surface area contributed by atoms with Gasteiger partial charge >= 0.3 is 0 Å². The zero-order valence-electron chi connectivity index (χ0n) is 17.1. The average Bonchev–Trinajstić information content (AvgIpc) is 2.73. The van der Waals surface area contributed by atoms with Crippen molar-refractivity contribution in [2.24, 2.45) is 0 Å². The number of benzene rings is 1. The third-order valence-corrected chi connectivity index (χ3v) is 5.41. The number of nitrogens with two attached hydrogens (primary N) is 1. The Labute approximate surface area is 175 Å². The highest BCUT2D eigenvalue weighted by atomic mass is 16.5. The van der Waals surface area contributed by atoms with Crippen molar-refractivity contribution in [1.29, 1.82) is 0 Å². The number of hydrogen-bond donors (Lipinski definition) is 3. The number of nitrogen functional groups attached to an aromatic ring is 1. The molecule has 0 saturated carbocycles. The Morgan fingerprint density at radius 1 is 1.23 bits per heavy atom. The molecular weight excluding hydrogens is 384 g/mol. The van der Waals surface area contributed by atoms with Crippen LogP contribution in [-0.2, 0) is 14.3 Å². The summed E-state index contributed by atoms with van der Waals surface area (Å²) >= 11 is 0. The van der Waals surface area contributed by atoms with Crippen LogP contribution >= 0.6 is 0 Å². The van der Waals surface area contributed by atoms with Gasteiger partial charge in [-0.15, -0.1) is 0 Å². The minimum absolute atomic E-state index is 0.00658. The number of anilines is 4. The molecule has 1 atom stereocenters. The van der Waals surface area contributed by atoms with Crippen molar-refractivity contribution in [2.75, 3.05) is 47.6 Å². The maximum Gasteiger partial charge on any atom is 0.232 e. The van der Waals surface area contributed by atoms with E-state index in [9.17, 15) is 9.59 Å². The second-order valence-corrected chi connectivity index (χ2v) is 7.84. The van der Waals surface area contributed by atoms with E-state index in [1.807, 2.05) is 29.2 Å². The van der Waals surface area contributed by atoms with Crippen LogP contribution in [0.1, 0.15) is 43.2 Å². The second kappa shape index (κ2) is 8.27. The van der Waals surface area contributed by atoms with E-state index in [0.717, 1.165) is 0 Å². The lowest BCUT2D eigenvalue weighted by Crippen LogP contribution is -2.38. The number of aromatic nitrogens is 2. The topological polar surface area (TPSA) is 122 Å². The molecule has 1 fully saturated rings. The first-order valence-corrected chi connectivity index (χ1v) is 10.1. The number of hydrogen-bond acceptors (Lipinski definition) is 7. The number of fused-ring (bicyclic) bond motifs is 1. The van der Waals surface area contributed by atoms with Gasteiger partial charge in [0.25, 0.3) is 0 Å². The predicted molar refractivity (Wildman–Crippen MR) is 115 cm³/mol. The van der Waals surface area contributed by atoms with E-state index in [2.05, 4.69) is 34.4 Å². The summed E-state index contributed by atoms with van der Waals surface area (Å²) in [7, 11) is 0. The van der Waals surface area contributed by atoms with Crippen molar-refractivity contribution >= 4 is 35.1 Å². The fraction of sp³-hybridized carbons (Fsp3) is 0.429. The van der Waals surface area contributed by atoms with Crippen molar-refractivity contribution in [3.05, 3.63) is 35.4 Å². The highest BCUT2D eigenvalue weighted by Crippen LogP contribution is 2.36. The quantitative estimate of drug-likeness (QED) is 0.705. The maximum absolute atomic E-state index is 13.0. The van der Waals surface area contributed by atoms with Crippen LogP contribution < -0.4 is 21.3 Å². The zero-order valence-corrected chi connectivity index (χ0v) is 17.1. The fourth-order valence-corrected chi connectivity index (χ4v) is 3.69. The van der Waals surface area contributed by atoms with Gasteiger partial charge in [-0.25, -0.2) is 0 Å². The zero-order chi connectivity index (χ0) is 21.3. The predicted octanol–water partition coefficient (Wildman–Crippen LogP) is 2.08. The van der Waals surface area contributed by atoms with E-state index in [0.29, 0.717) is 55.2 Å². The Hall–Kier alpha value is -3.20. The molecular formula is C21H26N6O3. The van der Waals surface area contributed by atoms with Crippen LogP contribution in [0.3, 0.4) is 0 Å². The Morgan fingerprint density at radius 2 is 1.93 bits per heavy atom. The molecule has 1 aromatic heterocycles. The standard InChI is InChI=1S/C21H26N6O3/c1-12(2)13-3-5-14(6-4-13)23-20(29)15-11-16(28)24-19-17(15)18(22)25-21(26-19)27-7-9-30-10-8-27/h3-6,12,15H,7-11H2,1-2H3,(H,23,29)(H3,22,24,25,26,28)/t15-/m0/s1. The van der Waals surface area contributed by atoms with Crippen LogP contribution in [0.2, 0.25) is 0 Å². The number of carbonyl (C=O) groups is 2. The molecule has 9 nitrogen and oxygen atoms in total. The van der Waals surface area contributed by atoms with Gasteiger partial charge in [-0.1, -0.05) is 26.0 Å². The number of ether oxygens (including phenoxy) is 1. The van der Waals surface area contributed by atoms with E-state index in [1.54, 1.807) is 0 Å². The van der Waals surface area contributed by atoms with E-state index in [-0.39, 0.29) is 24.1 Å². The number of nitrogens with zero attached hydrogens (tertiary/aromatic N) is 3. The molecule has 2 aliphatic rings. The van der Waals surface area contributed by atoms with Crippen LogP contribution in [0, 0.1) is 0 Å². The van der Waals surface area contributed by atoms with Gasteiger partial charge in [-0.3, -0.25) is 9.59 Å². The van der Waals surface area contributed by atoms with Gasteiger partial charge in [0.2, 0.25) is 17.8 Å². The molecule has 0 spiro atoms. The molecule has 9 heteroatoms. The molecule has 0 aliphatic carbocycles. The van der Waals surface area contributed by atoms with Crippen molar-refractivity contribution in [3.8, 4) is 0 Å². The number of rotatable bonds is 4. The van der Waals surface area contributed by atoms with E-state index in [1.165, 1.54) is 5.56 Å². The summed E-state index contributed by atoms with van der Waals surface area (Å²) in [5.74, 6) is 0.00715. The molecule has 1 aromatic carbocycles. The van der Waals surface area contributed by atoms with Crippen LogP contribution in [0.15, 0.2) is 24.3 Å². The summed E-state index contributed by atoms with van der Waals surface area (Å²) in [5, 5.41) is 5.63. The molecule has 2 aromatic rings. The van der Waals surface area contributed by atoms with Crippen LogP contribution in [0.4, 0.5) is 23.3 Å². The van der Waals surface area contributed by atoms with E-state index < -0.39 is 5.92 Å². The monoisotopic (exact) mass is 410 g/mol. The molecule has 158 valence electrons. The Kier molecular flexibility index (Phi) is 5.54. The van der Waals surface area contributed by atoms with Gasteiger partial charge in [-0.05, 0) is 23.6 Å². The molecule has 2 aliphatic heterocycles. The summed E-state index contributed by atoms with van der Waals surface area (Å²) in [4.78, 5) is 36.1. The van der Waals surface area contributed by atoms with Gasteiger partial charge in [0.15, 0.2) is 0 Å². The lowest BCUT2D eigenvalue weighted by Gasteiger charge is -2.30. The Bertz CT molecular complexity index is 954. The Morgan fingerprint density at radius 3 is 2.60 bits per heavy atom. The first kappa shape index (κ1) is 20.1. The SMILES string of the molecule is CC(C)c1ccc(NC(=O)[C@H]2CC(=O)Nc3nc(N4CCOCC4)nc(N)c32)cc1. The van der Waals surface area contributed by atoms with Crippen LogP contribution in [0.25, 0.3) is 0 Å². The van der Waals surface area contributed by atoms with Crippen molar-refractivity contribution in [3.63, 3.8) is 0 Å². The molecule has 0 radical (unpaired) electrons. The molecule has 0 unspecified atom stereocenters. The largest absolute Gasteiger partial charge is 0.383 e. The average molecular weight is 410 g/mol. The summed E-state index contributed by atoms with van der Waals surface area (Å²) in [5.41, 5.74) is 8.54. The minimum Gasteiger partial charge on any atom is -0.383 e. The van der Waals surface area contributed by atoms with Crippen molar-refractivity contribution in [2.45, 2.75) is 32.1 Å². The third-order valence-electron chi connectivity index (χ3n) is 5.41. The van der Waals surface area contributed by atoms with Crippen LogP contribution in [-0.4, -0.2) is 48.1 Å². The number of amides is 2. The summed E-state index contributed by atoms with van der Waals surface area (Å²) < 4.78 is 5.36. The van der Waals surface area contributed by atoms with Crippen molar-refractivity contribution < 1.29 is 14.3 Å². The maximum atomic E-state index is 13.0. The fourth-order valence-electron chi connectivity index (χ4n) is 3.69. The number of nitrogens with one attached hydrogen (secondary N) is 2. The van der Waals surface area contributed by atoms with Gasteiger partial charge in [0.1, 0.15) is 11.6 Å². The first-order chi connectivity index (χ1) is 14.4. The smallest absolute Gasteiger partial charge is 0.232 e. The van der Waals surface area contributed by atoms with E-state index in [4.69, 9.17) is 10.5 Å². The summed E-state index contributed by atoms with van der Waals surface area (Å²) in [6.45, 7) is 6.66. The normalized spacial score (nSPS) is 18.7. The Balaban J connectivity index is 1.59. The van der Waals surface area contributed by atoms with Gasteiger partial charge in [0, 0.05) is 25.2 Å². The van der Waals surface area contributed by atoms with Crippen LogP contribution in [0.5, 0.6) is 0 Å². The van der Waals surface area contributed by atoms with Gasteiger partial charge in [-0.2, -0.15) is 9.97 Å². The summed E-state index contributed by atoms with van der Waals surface area (Å²) in [6.07, 6.45) is -0.00658. The lowest BCUT2D eigenvalue weighted by atomic mass is 9.91. The van der Waals surface area contributed by atoms with Gasteiger partial charge < -0.3 is 26.0 Å². The molecule has 4 N–H and O–H groups in total. The molecule has 0 bridgehead atoms. The molecule has 2 amide bonds. The molecule has 3 heterocycles. The number of morpholine rings is 1. The summed E-state index contributed by atoms with van der Waals surface area (Å²) in [6, 6.07) is 7.68. The minimum atomic E-state index is -0.753. The van der Waals surface area contributed by atoms with E-state index >= 15 is 0 Å². The first-order valence-electron chi connectivity index (χ1n) is 10.1. The number of carbonyl (C=O) groups excluding carboxylic acids is 2. The van der Waals surface area contributed by atoms with Crippen molar-refractivity contribution in [1.82, 2.24) is 9.97 Å². The highest BCUT2D eigenvalue weighted by Gasteiger charge is 2.35.